The van der Waals surface area contributed by atoms with Crippen LogP contribution in [0.25, 0.3) is 0 Å². The first-order valence-corrected chi connectivity index (χ1v) is 8.30. The molecule has 4 nitrogen and oxygen atoms in total. The second-order valence-electron chi connectivity index (χ2n) is 4.47. The number of rotatable bonds is 6. The van der Waals surface area contributed by atoms with Gasteiger partial charge in [0.15, 0.2) is 5.76 Å². The lowest BCUT2D eigenvalue weighted by atomic mass is 10.4. The molecule has 0 fully saturated rings. The summed E-state index contributed by atoms with van der Waals surface area (Å²) in [5.74, 6) is 0.703. The first kappa shape index (κ1) is 15.8. The van der Waals surface area contributed by atoms with E-state index in [1.54, 1.807) is 36.4 Å². The zero-order valence-electron chi connectivity index (χ0n) is 11.6. The van der Waals surface area contributed by atoms with E-state index in [0.717, 1.165) is 6.42 Å². The van der Waals surface area contributed by atoms with Crippen LogP contribution in [0.1, 0.15) is 29.7 Å². The van der Waals surface area contributed by atoms with E-state index in [-0.39, 0.29) is 17.4 Å². The molecule has 1 aromatic carbocycles. The van der Waals surface area contributed by atoms with Crippen LogP contribution in [-0.4, -0.2) is 16.7 Å². The maximum Gasteiger partial charge on any atom is 0.286 e. The fourth-order valence-electron chi connectivity index (χ4n) is 1.72. The lowest BCUT2D eigenvalue weighted by Gasteiger charge is -2.01. The van der Waals surface area contributed by atoms with E-state index < -0.39 is 10.8 Å². The first-order valence-electron chi connectivity index (χ1n) is 6.61. The number of halogens is 1. The molecule has 6 heteroatoms. The molecule has 0 aliphatic rings. The Morgan fingerprint density at radius 2 is 2.14 bits per heavy atom. The summed E-state index contributed by atoms with van der Waals surface area (Å²) in [6.45, 7) is 2.57. The molecule has 0 aliphatic heterocycles. The van der Waals surface area contributed by atoms with Gasteiger partial charge in [0.1, 0.15) is 5.76 Å². The van der Waals surface area contributed by atoms with Crippen molar-refractivity contribution in [3.63, 3.8) is 0 Å². The van der Waals surface area contributed by atoms with Gasteiger partial charge in [-0.15, -0.1) is 0 Å². The Morgan fingerprint density at radius 3 is 2.86 bits per heavy atom. The van der Waals surface area contributed by atoms with E-state index >= 15 is 0 Å². The Hall–Kier alpha value is -1.59. The molecule has 1 N–H and O–H groups in total. The molecule has 21 heavy (non-hydrogen) atoms. The normalized spacial score (nSPS) is 12.1. The average molecular weight is 326 g/mol. The molecule has 0 radical (unpaired) electrons. The highest BCUT2D eigenvalue weighted by Gasteiger charge is 2.13. The molecule has 0 saturated heterocycles. The monoisotopic (exact) mass is 325 g/mol. The standard InChI is InChI=1S/C15H16ClNO3S/c1-2-8-17-15(18)14-7-6-12(20-14)10-21(19)13-5-3-4-11(16)9-13/h3-7,9H,2,8,10H2,1H3,(H,17,18)/t21-/m0/s1. The summed E-state index contributed by atoms with van der Waals surface area (Å²) in [6.07, 6.45) is 0.859. The van der Waals surface area contributed by atoms with Crippen molar-refractivity contribution >= 4 is 28.3 Å². The van der Waals surface area contributed by atoms with Gasteiger partial charge in [-0.2, -0.15) is 0 Å². The largest absolute Gasteiger partial charge is 0.455 e. The summed E-state index contributed by atoms with van der Waals surface area (Å²) < 4.78 is 17.6. The SMILES string of the molecule is CCCNC(=O)c1ccc(C[S@](=O)c2cccc(Cl)c2)o1. The third-order valence-electron chi connectivity index (χ3n) is 2.75. The Bertz CT molecular complexity index is 654. The Balaban J connectivity index is 2.02. The molecule has 1 heterocycles. The van der Waals surface area contributed by atoms with Gasteiger partial charge in [-0.05, 0) is 36.8 Å². The van der Waals surface area contributed by atoms with Crippen molar-refractivity contribution in [3.05, 3.63) is 52.9 Å². The van der Waals surface area contributed by atoms with Crippen molar-refractivity contribution in [2.24, 2.45) is 0 Å². The maximum atomic E-state index is 12.2. The molecule has 0 saturated carbocycles. The van der Waals surface area contributed by atoms with Crippen molar-refractivity contribution in [2.75, 3.05) is 6.54 Å². The molecule has 2 aromatic rings. The van der Waals surface area contributed by atoms with Gasteiger partial charge in [-0.25, -0.2) is 0 Å². The summed E-state index contributed by atoms with van der Waals surface area (Å²) in [4.78, 5) is 12.4. The van der Waals surface area contributed by atoms with Crippen molar-refractivity contribution in [1.29, 1.82) is 0 Å². The van der Waals surface area contributed by atoms with E-state index in [4.69, 9.17) is 16.0 Å². The number of benzene rings is 1. The highest BCUT2D eigenvalue weighted by Crippen LogP contribution is 2.18. The maximum absolute atomic E-state index is 12.2. The topological polar surface area (TPSA) is 59.3 Å². The highest BCUT2D eigenvalue weighted by atomic mass is 35.5. The van der Waals surface area contributed by atoms with E-state index in [0.29, 0.717) is 22.2 Å². The number of hydrogen-bond donors (Lipinski definition) is 1. The summed E-state index contributed by atoms with van der Waals surface area (Å²) in [5.41, 5.74) is 0. The fourth-order valence-corrected chi connectivity index (χ4v) is 3.05. The van der Waals surface area contributed by atoms with Crippen LogP contribution < -0.4 is 5.32 Å². The van der Waals surface area contributed by atoms with Crippen LogP contribution in [0.2, 0.25) is 5.02 Å². The lowest BCUT2D eigenvalue weighted by molar-refractivity contribution is 0.0924. The van der Waals surface area contributed by atoms with Crippen LogP contribution in [0, 0.1) is 0 Å². The van der Waals surface area contributed by atoms with Crippen LogP contribution in [0.15, 0.2) is 45.7 Å². The van der Waals surface area contributed by atoms with Crippen molar-refractivity contribution in [2.45, 2.75) is 24.0 Å². The van der Waals surface area contributed by atoms with Crippen molar-refractivity contribution < 1.29 is 13.4 Å². The molecule has 1 aromatic heterocycles. The molecule has 1 atom stereocenters. The molecule has 112 valence electrons. The van der Waals surface area contributed by atoms with Crippen molar-refractivity contribution in [3.8, 4) is 0 Å². The van der Waals surface area contributed by atoms with Gasteiger partial charge in [0.2, 0.25) is 0 Å². The quantitative estimate of drug-likeness (QED) is 0.885. The van der Waals surface area contributed by atoms with Crippen molar-refractivity contribution in [1.82, 2.24) is 5.32 Å². The van der Waals surface area contributed by atoms with Gasteiger partial charge in [0.05, 0.1) is 16.6 Å². The van der Waals surface area contributed by atoms with Gasteiger partial charge in [-0.3, -0.25) is 9.00 Å². The zero-order valence-corrected chi connectivity index (χ0v) is 13.2. The molecular formula is C15H16ClNO3S. The van der Waals surface area contributed by atoms with Gasteiger partial charge < -0.3 is 9.73 Å². The van der Waals surface area contributed by atoms with Crippen LogP contribution in [-0.2, 0) is 16.6 Å². The third-order valence-corrected chi connectivity index (χ3v) is 4.31. The highest BCUT2D eigenvalue weighted by molar-refractivity contribution is 7.84. The molecule has 0 spiro atoms. The summed E-state index contributed by atoms with van der Waals surface area (Å²) >= 11 is 5.88. The summed E-state index contributed by atoms with van der Waals surface area (Å²) in [7, 11) is -1.26. The Labute approximate surface area is 130 Å². The minimum atomic E-state index is -1.26. The molecule has 0 aliphatic carbocycles. The summed E-state index contributed by atoms with van der Waals surface area (Å²) in [6, 6.07) is 10.2. The van der Waals surface area contributed by atoms with E-state index in [9.17, 15) is 9.00 Å². The van der Waals surface area contributed by atoms with Crippen LogP contribution in [0.5, 0.6) is 0 Å². The number of hydrogen-bond acceptors (Lipinski definition) is 3. The molecule has 0 unspecified atom stereocenters. The zero-order chi connectivity index (χ0) is 15.2. The van der Waals surface area contributed by atoms with E-state index in [2.05, 4.69) is 5.32 Å². The van der Waals surface area contributed by atoms with Gasteiger partial charge in [-0.1, -0.05) is 24.6 Å². The second kappa shape index (κ2) is 7.43. The van der Waals surface area contributed by atoms with E-state index in [1.807, 2.05) is 6.92 Å². The third kappa shape index (κ3) is 4.44. The Kier molecular flexibility index (Phi) is 5.59. The predicted octanol–water partition coefficient (Wildman–Crippen LogP) is 3.38. The average Bonchev–Trinajstić information content (AvgIpc) is 2.93. The van der Waals surface area contributed by atoms with Gasteiger partial charge in [0, 0.05) is 16.5 Å². The van der Waals surface area contributed by atoms with Gasteiger partial charge >= 0.3 is 0 Å². The minimum absolute atomic E-state index is 0.210. The smallest absolute Gasteiger partial charge is 0.286 e. The van der Waals surface area contributed by atoms with Gasteiger partial charge in [0.25, 0.3) is 5.91 Å². The number of nitrogens with one attached hydrogen (secondary N) is 1. The lowest BCUT2D eigenvalue weighted by Crippen LogP contribution is -2.23. The molecular weight excluding hydrogens is 310 g/mol. The Morgan fingerprint density at radius 1 is 1.33 bits per heavy atom. The molecule has 1 amide bonds. The van der Waals surface area contributed by atoms with Crippen LogP contribution in [0.4, 0.5) is 0 Å². The predicted molar refractivity (Wildman–Crippen MR) is 82.9 cm³/mol. The molecule has 2 rings (SSSR count). The number of carbonyl (C=O) groups is 1. The number of amides is 1. The number of furan rings is 1. The van der Waals surface area contributed by atoms with Crippen LogP contribution >= 0.6 is 11.6 Å². The minimum Gasteiger partial charge on any atom is -0.455 e. The summed E-state index contributed by atoms with van der Waals surface area (Å²) in [5, 5.41) is 3.27. The molecule has 0 bridgehead atoms. The van der Waals surface area contributed by atoms with E-state index in [1.165, 1.54) is 0 Å². The first-order chi connectivity index (χ1) is 10.1. The van der Waals surface area contributed by atoms with Crippen LogP contribution in [0.3, 0.4) is 0 Å². The number of carbonyl (C=O) groups excluding carboxylic acids is 1. The fraction of sp³-hybridized carbons (Fsp3) is 0.267. The second-order valence-corrected chi connectivity index (χ2v) is 6.36.